The second-order valence-corrected chi connectivity index (χ2v) is 6.01. The molecule has 102 valence electrons. The van der Waals surface area contributed by atoms with E-state index in [9.17, 15) is 5.26 Å². The smallest absolute Gasteiger partial charge is 0.103 e. The minimum absolute atomic E-state index is 0.852. The number of hydrogen-bond donors (Lipinski definition) is 0. The van der Waals surface area contributed by atoms with E-state index < -0.39 is 0 Å². The van der Waals surface area contributed by atoms with Crippen LogP contribution in [-0.2, 0) is 0 Å². The van der Waals surface area contributed by atoms with Crippen LogP contribution < -0.4 is 4.90 Å². The van der Waals surface area contributed by atoms with Gasteiger partial charge in [0.15, 0.2) is 0 Å². The second-order valence-electron chi connectivity index (χ2n) is 5.16. The first kappa shape index (κ1) is 14.3. The van der Waals surface area contributed by atoms with E-state index in [1.807, 2.05) is 12.3 Å². The first-order valence-corrected chi connectivity index (χ1v) is 8.34. The first-order chi connectivity index (χ1) is 9.30. The molecule has 1 heterocycles. The highest BCUT2D eigenvalue weighted by Crippen LogP contribution is 2.31. The number of anilines is 1. The molecule has 1 aliphatic rings. The fraction of sp³-hybridized carbons (Fsp3) is 0.562. The van der Waals surface area contributed by atoms with Crippen LogP contribution >= 0.6 is 11.8 Å². The summed E-state index contributed by atoms with van der Waals surface area (Å²) in [4.78, 5) is 3.50. The van der Waals surface area contributed by atoms with Gasteiger partial charge in [0.2, 0.25) is 0 Å². The molecule has 0 aliphatic carbocycles. The van der Waals surface area contributed by atoms with Gasteiger partial charge in [0.05, 0.1) is 11.3 Å². The molecule has 0 spiro atoms. The molecule has 1 saturated heterocycles. The molecule has 0 amide bonds. The van der Waals surface area contributed by atoms with Crippen molar-refractivity contribution in [3.05, 3.63) is 23.8 Å². The van der Waals surface area contributed by atoms with Crippen LogP contribution in [0.2, 0.25) is 0 Å². The third kappa shape index (κ3) is 3.25. The summed E-state index contributed by atoms with van der Waals surface area (Å²) < 4.78 is 0. The van der Waals surface area contributed by atoms with Gasteiger partial charge in [-0.2, -0.15) is 5.26 Å². The minimum Gasteiger partial charge on any atom is -0.370 e. The highest BCUT2D eigenvalue weighted by molar-refractivity contribution is 7.98. The van der Waals surface area contributed by atoms with Gasteiger partial charge in [0.1, 0.15) is 6.07 Å². The molecule has 1 aliphatic heterocycles. The van der Waals surface area contributed by atoms with Gasteiger partial charge >= 0.3 is 0 Å². The molecule has 0 N–H and O–H groups in total. The van der Waals surface area contributed by atoms with Crippen LogP contribution in [0.5, 0.6) is 0 Å². The topological polar surface area (TPSA) is 27.0 Å². The zero-order valence-corrected chi connectivity index (χ0v) is 12.7. The number of thioether (sulfide) groups is 1. The molecule has 2 nitrogen and oxygen atoms in total. The molecule has 1 fully saturated rings. The molecule has 0 aromatic heterocycles. The zero-order valence-electron chi connectivity index (χ0n) is 11.9. The lowest BCUT2D eigenvalue weighted by molar-refractivity contribution is 0.459. The van der Waals surface area contributed by atoms with Crippen molar-refractivity contribution in [1.82, 2.24) is 0 Å². The summed E-state index contributed by atoms with van der Waals surface area (Å²) in [6, 6.07) is 8.61. The Morgan fingerprint density at radius 3 is 2.89 bits per heavy atom. The van der Waals surface area contributed by atoms with E-state index >= 15 is 0 Å². The van der Waals surface area contributed by atoms with Crippen molar-refractivity contribution in [2.45, 2.75) is 37.5 Å². The molecule has 0 radical (unpaired) electrons. The van der Waals surface area contributed by atoms with Gasteiger partial charge in [0.25, 0.3) is 0 Å². The van der Waals surface area contributed by atoms with Crippen LogP contribution in [0.3, 0.4) is 0 Å². The van der Waals surface area contributed by atoms with Crippen LogP contribution in [0, 0.1) is 17.2 Å². The van der Waals surface area contributed by atoms with Crippen molar-refractivity contribution in [3.63, 3.8) is 0 Å². The monoisotopic (exact) mass is 274 g/mol. The summed E-state index contributed by atoms with van der Waals surface area (Å²) in [5.41, 5.74) is 1.98. The molecule has 0 saturated carbocycles. The van der Waals surface area contributed by atoms with Crippen LogP contribution in [0.1, 0.15) is 38.2 Å². The maximum Gasteiger partial charge on any atom is 0.103 e. The number of nitriles is 1. The molecule has 1 aromatic rings. The Balaban J connectivity index is 2.24. The standard InChI is InChI=1S/C16H22N2S/c1-3-13-6-5-10-18(11-9-13)15-7-4-8-16(19-2)14(15)12-17/h4,7-8,13H,3,5-6,9-11H2,1-2H3. The van der Waals surface area contributed by atoms with Crippen LogP contribution in [0.15, 0.2) is 23.1 Å². The average molecular weight is 274 g/mol. The van der Waals surface area contributed by atoms with Crippen molar-refractivity contribution in [2.24, 2.45) is 5.92 Å². The first-order valence-electron chi connectivity index (χ1n) is 7.12. The van der Waals surface area contributed by atoms with E-state index in [4.69, 9.17) is 0 Å². The Morgan fingerprint density at radius 2 is 2.21 bits per heavy atom. The van der Waals surface area contributed by atoms with Crippen molar-refractivity contribution >= 4 is 17.4 Å². The summed E-state index contributed by atoms with van der Waals surface area (Å²) >= 11 is 1.66. The Morgan fingerprint density at radius 1 is 1.37 bits per heavy atom. The average Bonchev–Trinajstić information content (AvgIpc) is 2.71. The summed E-state index contributed by atoms with van der Waals surface area (Å²) in [6.07, 6.45) is 7.15. The molecule has 1 unspecified atom stereocenters. The molecule has 2 rings (SSSR count). The largest absolute Gasteiger partial charge is 0.370 e. The van der Waals surface area contributed by atoms with Gasteiger partial charge < -0.3 is 4.90 Å². The number of nitrogens with zero attached hydrogens (tertiary/aromatic N) is 2. The van der Waals surface area contributed by atoms with Gasteiger partial charge in [-0.15, -0.1) is 11.8 Å². The van der Waals surface area contributed by atoms with Gasteiger partial charge in [0, 0.05) is 18.0 Å². The van der Waals surface area contributed by atoms with Crippen molar-refractivity contribution in [1.29, 1.82) is 5.26 Å². The van der Waals surface area contributed by atoms with E-state index in [1.165, 1.54) is 25.7 Å². The van der Waals surface area contributed by atoms with Crippen molar-refractivity contribution in [3.8, 4) is 6.07 Å². The fourth-order valence-corrected chi connectivity index (χ4v) is 3.45. The van der Waals surface area contributed by atoms with Gasteiger partial charge in [-0.25, -0.2) is 0 Å². The lowest BCUT2D eigenvalue weighted by Gasteiger charge is -2.24. The van der Waals surface area contributed by atoms with Crippen molar-refractivity contribution < 1.29 is 0 Å². The van der Waals surface area contributed by atoms with Crippen LogP contribution in [-0.4, -0.2) is 19.3 Å². The number of benzene rings is 1. The normalized spacial score (nSPS) is 19.8. The van der Waals surface area contributed by atoms with E-state index in [2.05, 4.69) is 30.0 Å². The van der Waals surface area contributed by atoms with Gasteiger partial charge in [-0.05, 0) is 43.6 Å². The second kappa shape index (κ2) is 6.86. The molecule has 19 heavy (non-hydrogen) atoms. The molecule has 1 atom stereocenters. The molecule has 0 bridgehead atoms. The van der Waals surface area contributed by atoms with E-state index in [0.717, 1.165) is 35.2 Å². The van der Waals surface area contributed by atoms with Gasteiger partial charge in [-0.1, -0.05) is 19.4 Å². The minimum atomic E-state index is 0.852. The third-order valence-corrected chi connectivity index (χ3v) is 4.88. The zero-order chi connectivity index (χ0) is 13.7. The Hall–Kier alpha value is -1.14. The fourth-order valence-electron chi connectivity index (χ4n) is 2.88. The molecule has 3 heteroatoms. The maximum absolute atomic E-state index is 9.44. The van der Waals surface area contributed by atoms with E-state index in [-0.39, 0.29) is 0 Å². The SMILES string of the molecule is CCC1CCCN(c2cccc(SC)c2C#N)CC1. The van der Waals surface area contributed by atoms with Crippen LogP contribution in [0.4, 0.5) is 5.69 Å². The van der Waals surface area contributed by atoms with Gasteiger partial charge in [-0.3, -0.25) is 0 Å². The molecule has 1 aromatic carbocycles. The lowest BCUT2D eigenvalue weighted by atomic mass is 9.98. The van der Waals surface area contributed by atoms with Crippen molar-refractivity contribution in [2.75, 3.05) is 24.2 Å². The Kier molecular flexibility index (Phi) is 5.15. The summed E-state index contributed by atoms with van der Waals surface area (Å²) in [5.74, 6) is 0.860. The maximum atomic E-state index is 9.44. The predicted molar refractivity (Wildman–Crippen MR) is 82.8 cm³/mol. The lowest BCUT2D eigenvalue weighted by Crippen LogP contribution is -2.25. The molecular formula is C16H22N2S. The Labute approximate surface area is 120 Å². The summed E-state index contributed by atoms with van der Waals surface area (Å²) in [7, 11) is 0. The third-order valence-electron chi connectivity index (χ3n) is 4.10. The van der Waals surface area contributed by atoms with E-state index in [1.54, 1.807) is 11.8 Å². The quantitative estimate of drug-likeness (QED) is 0.769. The number of hydrogen-bond acceptors (Lipinski definition) is 3. The number of rotatable bonds is 3. The van der Waals surface area contributed by atoms with E-state index in [0.29, 0.717) is 0 Å². The summed E-state index contributed by atoms with van der Waals surface area (Å²) in [6.45, 7) is 4.46. The highest BCUT2D eigenvalue weighted by atomic mass is 32.2. The predicted octanol–water partition coefficient (Wildman–Crippen LogP) is 4.30. The summed E-state index contributed by atoms with van der Waals surface area (Å²) in [5, 5.41) is 9.44. The Bertz CT molecular complexity index is 464. The van der Waals surface area contributed by atoms with Crippen LogP contribution in [0.25, 0.3) is 0 Å². The molecular weight excluding hydrogens is 252 g/mol. The highest BCUT2D eigenvalue weighted by Gasteiger charge is 2.19.